The van der Waals surface area contributed by atoms with Crippen molar-refractivity contribution in [1.82, 2.24) is 29.9 Å². The minimum atomic E-state index is -5.17. The van der Waals surface area contributed by atoms with Crippen LogP contribution in [0.5, 0.6) is 0 Å². The van der Waals surface area contributed by atoms with Gasteiger partial charge in [0, 0.05) is 36.5 Å². The van der Waals surface area contributed by atoms with Gasteiger partial charge in [0.25, 0.3) is 0 Å². The maximum absolute atomic E-state index is 12.4. The third-order valence-corrected chi connectivity index (χ3v) is 9.29. The Morgan fingerprint density at radius 2 is 0.900 bits per heavy atom. The topological polar surface area (TPSA) is 385 Å². The summed E-state index contributed by atoms with van der Waals surface area (Å²) >= 11 is 0. The van der Waals surface area contributed by atoms with Gasteiger partial charge in [-0.15, -0.1) is 0 Å². The quantitative estimate of drug-likeness (QED) is 0.0198. The van der Waals surface area contributed by atoms with E-state index < -0.39 is 67.5 Å². The van der Waals surface area contributed by atoms with Crippen molar-refractivity contribution in [3.05, 3.63) is 47.5 Å². The Kier molecular flexibility index (Phi) is 21.3. The van der Waals surface area contributed by atoms with Crippen molar-refractivity contribution in [3.8, 4) is 0 Å². The van der Waals surface area contributed by atoms with Gasteiger partial charge in [-0.1, -0.05) is 24.3 Å². The van der Waals surface area contributed by atoms with Gasteiger partial charge in [0.2, 0.25) is 35.7 Å². The third-order valence-electron chi connectivity index (χ3n) is 7.50. The van der Waals surface area contributed by atoms with Crippen LogP contribution in [0, 0.1) is 0 Å². The predicted octanol–water partition coefficient (Wildman–Crippen LogP) is -7.35. The predicted molar refractivity (Wildman–Crippen MR) is 207 cm³/mol. The number of anilines is 8. The number of aromatic nitrogens is 6. The van der Waals surface area contributed by atoms with Crippen LogP contribution in [0.25, 0.3) is 12.2 Å². The van der Waals surface area contributed by atoms with Gasteiger partial charge in [-0.2, -0.15) is 29.9 Å². The van der Waals surface area contributed by atoms with Gasteiger partial charge in [-0.3, -0.25) is 0 Å². The molecule has 0 aliphatic rings. The molecule has 4 aromatic rings. The van der Waals surface area contributed by atoms with Crippen LogP contribution in [0.4, 0.5) is 47.1 Å². The Balaban J connectivity index is 0.00000620. The molecule has 24 nitrogen and oxygen atoms in total. The molecule has 60 heavy (non-hydrogen) atoms. The number of rotatable bonds is 22. The summed E-state index contributed by atoms with van der Waals surface area (Å²) in [5.41, 5.74) is -0.325. The van der Waals surface area contributed by atoms with E-state index in [9.17, 15) is 46.4 Å². The Morgan fingerprint density at radius 1 is 0.567 bits per heavy atom. The van der Waals surface area contributed by atoms with Gasteiger partial charge >= 0.3 is 59.1 Å². The number of nitrogens with one attached hydrogen (secondary N) is 6. The fourth-order valence-electron chi connectivity index (χ4n) is 4.60. The SMILES string of the molecule is CC(CO)Nc1nc(NCC(O)CO)nc(Nc2ccc(/C=C/c3ccc(Nc4nc(NCC(O)CO)nc(NC(C)CO)n4)cc3S(=O)(=O)[O-])c(S(=O)(=O)[O-])c2)n1.[Na+].[Na+]. The minimum Gasteiger partial charge on any atom is -0.744 e. The number of hydrogen-bond acceptors (Lipinski definition) is 24. The van der Waals surface area contributed by atoms with E-state index in [2.05, 4.69) is 61.8 Å². The average molecular weight is 897 g/mol. The van der Waals surface area contributed by atoms with Gasteiger partial charge in [-0.25, -0.2) is 16.8 Å². The van der Waals surface area contributed by atoms with Crippen molar-refractivity contribution in [3.63, 3.8) is 0 Å². The number of nitrogens with zero attached hydrogens (tertiary/aromatic N) is 6. The molecule has 0 aliphatic carbocycles. The standard InChI is InChI=1S/C32H44N12O12S2.2Na/c1-17(13-45)35-29-39-27(33-11-23(49)15-47)41-31(43-29)37-21-7-5-19(25(9-21)57(51,52)53)3-4-20-6-8-22(10-26(20)58(54,55)56)38-32-42-28(34-12-24(50)16-48)40-30(44-32)36-18(2)14-46;;/h3-10,17-18,23-24,45-50H,11-16H2,1-2H3,(H,51,52,53)(H,54,55,56)(H3,33,35,37,39,41,43)(H3,34,36,38,40,42,44);;/q;2*+1/p-2/b4-3+;;. The van der Waals surface area contributed by atoms with Gasteiger partial charge < -0.3 is 71.6 Å². The van der Waals surface area contributed by atoms with Crippen LogP contribution in [-0.4, -0.2) is 150 Å². The molecule has 0 saturated heterocycles. The van der Waals surface area contributed by atoms with Crippen molar-refractivity contribution in [2.45, 2.75) is 47.9 Å². The number of benzene rings is 2. The second-order valence-electron chi connectivity index (χ2n) is 12.5. The molecule has 0 aliphatic heterocycles. The van der Waals surface area contributed by atoms with Crippen LogP contribution in [-0.2, 0) is 20.2 Å². The first kappa shape index (κ1) is 52.7. The average Bonchev–Trinajstić information content (AvgIpc) is 3.17. The normalized spacial score (nSPS) is 13.6. The first-order chi connectivity index (χ1) is 27.4. The molecule has 2 aromatic heterocycles. The molecule has 0 bridgehead atoms. The van der Waals surface area contributed by atoms with Gasteiger partial charge in [0.05, 0.1) is 48.4 Å². The zero-order valence-electron chi connectivity index (χ0n) is 32.8. The van der Waals surface area contributed by atoms with Crippen LogP contribution >= 0.6 is 0 Å². The third kappa shape index (κ3) is 16.5. The van der Waals surface area contributed by atoms with E-state index in [0.29, 0.717) is 0 Å². The minimum absolute atomic E-state index is 0. The van der Waals surface area contributed by atoms with E-state index >= 15 is 0 Å². The molecule has 4 rings (SSSR count). The molecule has 0 spiro atoms. The van der Waals surface area contributed by atoms with Crippen LogP contribution in [0.15, 0.2) is 46.2 Å². The Morgan fingerprint density at radius 3 is 1.22 bits per heavy atom. The second-order valence-corrected chi connectivity index (χ2v) is 15.2. The molecule has 12 N–H and O–H groups in total. The molecule has 0 fully saturated rings. The number of aliphatic hydroxyl groups excluding tert-OH is 6. The number of hydrogen-bond donors (Lipinski definition) is 12. The van der Waals surface area contributed by atoms with Crippen LogP contribution in [0.2, 0.25) is 0 Å². The molecule has 0 radical (unpaired) electrons. The van der Waals surface area contributed by atoms with Crippen molar-refractivity contribution in [1.29, 1.82) is 0 Å². The van der Waals surface area contributed by atoms with Gasteiger partial charge in [0.15, 0.2) is 0 Å². The molecule has 0 amide bonds. The van der Waals surface area contributed by atoms with E-state index in [0.717, 1.165) is 24.3 Å². The Hall–Kier alpha value is -3.42. The summed E-state index contributed by atoms with van der Waals surface area (Å²) in [6.45, 7) is 1.31. The van der Waals surface area contributed by atoms with Crippen LogP contribution in [0.3, 0.4) is 0 Å². The van der Waals surface area contributed by atoms with Crippen molar-refractivity contribution in [2.75, 3.05) is 71.4 Å². The van der Waals surface area contributed by atoms with Crippen molar-refractivity contribution in [2.24, 2.45) is 0 Å². The summed E-state index contributed by atoms with van der Waals surface area (Å²) < 4.78 is 74.4. The fraction of sp³-hybridized carbons (Fsp3) is 0.375. The molecule has 2 heterocycles. The van der Waals surface area contributed by atoms with Crippen molar-refractivity contribution < 1.29 is 116 Å². The maximum atomic E-state index is 12.4. The van der Waals surface area contributed by atoms with E-state index in [4.69, 9.17) is 10.2 Å². The van der Waals surface area contributed by atoms with E-state index in [1.807, 2.05) is 0 Å². The Labute approximate surface area is 388 Å². The van der Waals surface area contributed by atoms with Gasteiger partial charge in [0.1, 0.15) is 20.2 Å². The first-order valence-corrected chi connectivity index (χ1v) is 20.0. The molecule has 4 atom stereocenters. The molecular formula is C32H42N12Na2O12S2. The molecule has 4 unspecified atom stereocenters. The van der Waals surface area contributed by atoms with E-state index in [1.165, 1.54) is 24.3 Å². The summed E-state index contributed by atoms with van der Waals surface area (Å²) in [5, 5.41) is 73.1. The summed E-state index contributed by atoms with van der Waals surface area (Å²) in [5.74, 6) is -0.505. The van der Waals surface area contributed by atoms with Gasteiger partial charge in [-0.05, 0) is 49.2 Å². The molecule has 0 saturated carbocycles. The number of aliphatic hydroxyl groups is 6. The molecule has 2 aromatic carbocycles. The molecular weight excluding hydrogens is 855 g/mol. The maximum Gasteiger partial charge on any atom is 1.00 e. The summed E-state index contributed by atoms with van der Waals surface area (Å²) in [7, 11) is -10.3. The summed E-state index contributed by atoms with van der Waals surface area (Å²) in [6, 6.07) is 6.12. The molecule has 28 heteroatoms. The van der Waals surface area contributed by atoms with Crippen molar-refractivity contribution >= 4 is 79.5 Å². The van der Waals surface area contributed by atoms with Crippen LogP contribution < -0.4 is 91.0 Å². The second kappa shape index (κ2) is 24.3. The zero-order valence-corrected chi connectivity index (χ0v) is 38.4. The smallest absolute Gasteiger partial charge is 0.744 e. The summed E-state index contributed by atoms with van der Waals surface area (Å²) in [6.07, 6.45) is -0.0649. The Bertz CT molecular complexity index is 2130. The molecule has 316 valence electrons. The first-order valence-electron chi connectivity index (χ1n) is 17.1. The van der Waals surface area contributed by atoms with E-state index in [-0.39, 0.29) is 144 Å². The zero-order chi connectivity index (χ0) is 42.6. The van der Waals surface area contributed by atoms with Crippen LogP contribution in [0.1, 0.15) is 25.0 Å². The largest absolute Gasteiger partial charge is 1.00 e. The van der Waals surface area contributed by atoms with E-state index in [1.54, 1.807) is 13.8 Å². The monoisotopic (exact) mass is 896 g/mol. The fourth-order valence-corrected chi connectivity index (χ4v) is 5.99. The summed E-state index contributed by atoms with van der Waals surface area (Å²) in [4.78, 5) is 23.4.